The van der Waals surface area contributed by atoms with Gasteiger partial charge in [-0.15, -0.1) is 0 Å². The van der Waals surface area contributed by atoms with Crippen molar-refractivity contribution in [3.8, 4) is 0 Å². The van der Waals surface area contributed by atoms with Crippen molar-refractivity contribution in [1.82, 2.24) is 5.32 Å². The van der Waals surface area contributed by atoms with Crippen LogP contribution in [0.4, 0.5) is 0 Å². The van der Waals surface area contributed by atoms with Gasteiger partial charge in [0.15, 0.2) is 6.29 Å². The summed E-state index contributed by atoms with van der Waals surface area (Å²) in [5.74, 6) is -0.221. The largest absolute Gasteiger partial charge is 0.394 e. The molecule has 9 nitrogen and oxygen atoms in total. The van der Waals surface area contributed by atoms with Crippen molar-refractivity contribution in [3.05, 3.63) is 134 Å². The first kappa shape index (κ1) is 82.3. The average molecular weight is 1230 g/mol. The Morgan fingerprint density at radius 1 is 0.398 bits per heavy atom. The van der Waals surface area contributed by atoms with Gasteiger partial charge in [-0.05, 0) is 96.3 Å². The average Bonchev–Trinajstić information content (AvgIpc) is 3.65. The van der Waals surface area contributed by atoms with Gasteiger partial charge in [0, 0.05) is 6.42 Å². The van der Waals surface area contributed by atoms with E-state index in [1.165, 1.54) is 180 Å². The van der Waals surface area contributed by atoms with Crippen molar-refractivity contribution in [2.24, 2.45) is 0 Å². The van der Waals surface area contributed by atoms with Crippen molar-refractivity contribution in [3.63, 3.8) is 0 Å². The molecule has 6 N–H and O–H groups in total. The first-order chi connectivity index (χ1) is 43.3. The highest BCUT2D eigenvalue weighted by molar-refractivity contribution is 5.76. The van der Waals surface area contributed by atoms with E-state index >= 15 is 0 Å². The zero-order chi connectivity index (χ0) is 63.5. The number of hydrogen-bond donors (Lipinski definition) is 6. The number of amides is 1. The summed E-state index contributed by atoms with van der Waals surface area (Å²) >= 11 is 0. The Hall–Kier alpha value is -3.67. The van der Waals surface area contributed by atoms with Crippen LogP contribution >= 0.6 is 0 Å². The molecule has 7 atom stereocenters. The molecule has 9 heteroatoms. The second-order valence-corrected chi connectivity index (χ2v) is 24.7. The highest BCUT2D eigenvalue weighted by Gasteiger charge is 2.44. The smallest absolute Gasteiger partial charge is 0.220 e. The first-order valence-electron chi connectivity index (χ1n) is 36.4. The first-order valence-corrected chi connectivity index (χ1v) is 36.4. The molecular weight excluding hydrogens is 1090 g/mol. The van der Waals surface area contributed by atoms with Crippen LogP contribution in [-0.2, 0) is 14.3 Å². The molecule has 0 aromatic heterocycles. The molecule has 1 heterocycles. The van der Waals surface area contributed by atoms with Gasteiger partial charge in [0.25, 0.3) is 0 Å². The van der Waals surface area contributed by atoms with E-state index < -0.39 is 49.5 Å². The Morgan fingerprint density at radius 2 is 0.705 bits per heavy atom. The Kier molecular flexibility index (Phi) is 62.0. The SMILES string of the molecule is CC/C=C\C/C=C\C/C=C\C/C=C\C/C=C\C/C=C\C/C=C\C/C=C\C/C=C\C/C=C\CCCCC(=O)NC(COC1OC(CO)C(O)C(O)C1O)C(O)/C=C/CCCCCCCCCCCCCCCCCCCCCCCCCCCCCCCC. The number of ether oxygens (including phenoxy) is 2. The van der Waals surface area contributed by atoms with Gasteiger partial charge in [-0.3, -0.25) is 4.79 Å². The van der Waals surface area contributed by atoms with Crippen molar-refractivity contribution in [2.75, 3.05) is 13.2 Å². The van der Waals surface area contributed by atoms with Crippen LogP contribution in [0.5, 0.6) is 0 Å². The molecule has 0 spiro atoms. The number of unbranched alkanes of at least 4 members (excludes halogenated alkanes) is 32. The van der Waals surface area contributed by atoms with E-state index in [1.54, 1.807) is 6.08 Å². The van der Waals surface area contributed by atoms with Crippen molar-refractivity contribution in [1.29, 1.82) is 0 Å². The zero-order valence-corrected chi connectivity index (χ0v) is 56.4. The lowest BCUT2D eigenvalue weighted by Crippen LogP contribution is -2.60. The van der Waals surface area contributed by atoms with Gasteiger partial charge in [0.1, 0.15) is 24.4 Å². The third-order valence-corrected chi connectivity index (χ3v) is 16.5. The lowest BCUT2D eigenvalue weighted by Gasteiger charge is -2.40. The predicted octanol–water partition coefficient (Wildman–Crippen LogP) is 20.4. The number of hydrogen-bond acceptors (Lipinski definition) is 8. The fourth-order valence-electron chi connectivity index (χ4n) is 10.8. The summed E-state index contributed by atoms with van der Waals surface area (Å²) in [5, 5.41) is 54.8. The highest BCUT2D eigenvalue weighted by Crippen LogP contribution is 2.23. The van der Waals surface area contributed by atoms with E-state index in [-0.39, 0.29) is 18.9 Å². The van der Waals surface area contributed by atoms with E-state index in [0.29, 0.717) is 6.42 Å². The lowest BCUT2D eigenvalue weighted by molar-refractivity contribution is -0.302. The second kappa shape index (κ2) is 66.3. The van der Waals surface area contributed by atoms with Crippen LogP contribution in [0.15, 0.2) is 134 Å². The maximum atomic E-state index is 13.1. The topological polar surface area (TPSA) is 149 Å². The number of aliphatic hydroxyl groups excluding tert-OH is 5. The fourth-order valence-corrected chi connectivity index (χ4v) is 10.8. The van der Waals surface area contributed by atoms with Gasteiger partial charge in [0.2, 0.25) is 5.91 Å². The molecule has 1 amide bonds. The Bertz CT molecular complexity index is 1860. The molecule has 1 rings (SSSR count). The van der Waals surface area contributed by atoms with Crippen molar-refractivity contribution < 1.29 is 39.8 Å². The monoisotopic (exact) mass is 1230 g/mol. The lowest BCUT2D eigenvalue weighted by atomic mass is 9.99. The van der Waals surface area contributed by atoms with E-state index in [0.717, 1.165) is 96.3 Å². The maximum absolute atomic E-state index is 13.1. The van der Waals surface area contributed by atoms with Crippen LogP contribution in [0.25, 0.3) is 0 Å². The summed E-state index contributed by atoms with van der Waals surface area (Å²) in [4.78, 5) is 13.1. The van der Waals surface area contributed by atoms with E-state index in [2.05, 4.69) is 141 Å². The molecule has 504 valence electrons. The molecule has 88 heavy (non-hydrogen) atoms. The van der Waals surface area contributed by atoms with Gasteiger partial charge < -0.3 is 40.3 Å². The molecule has 1 saturated heterocycles. The van der Waals surface area contributed by atoms with Crippen LogP contribution in [0.1, 0.15) is 303 Å². The number of carbonyl (C=O) groups is 1. The summed E-state index contributed by atoms with van der Waals surface area (Å²) in [6, 6.07) is -0.841. The number of rotatable bonds is 62. The Morgan fingerprint density at radius 3 is 1.05 bits per heavy atom. The molecule has 1 aliphatic rings. The zero-order valence-electron chi connectivity index (χ0n) is 56.4. The minimum atomic E-state index is -1.59. The predicted molar refractivity (Wildman–Crippen MR) is 377 cm³/mol. The normalized spacial score (nSPS) is 18.7. The molecule has 0 bridgehead atoms. The molecule has 1 aliphatic heterocycles. The standard InChI is InChI=1S/C79H135NO8/c1-3-5-7-9-11-13-15-17-19-21-23-25-27-29-31-33-35-37-39-41-43-45-47-49-51-53-55-57-59-61-63-65-67-69-75(83)80-72(71-87-79-78(86)77(85)76(84)74(70-81)88-79)73(82)68-66-64-62-60-58-56-54-52-50-48-46-44-42-40-38-36-34-32-30-28-26-24-22-20-18-16-14-12-10-8-6-4-2/h5,7,11,13,17,19,23,25,29,31,35,37,41,43,47,49,53,55,59,61,66,68,72-74,76-79,81-82,84-86H,3-4,6,8-10,12,14-16,18,20-22,24,26-28,30,32-34,36,38-40,42,44-46,48,50-52,54,56-58,60,62-65,67,69-71H2,1-2H3,(H,80,83)/b7-5-,13-11-,19-17-,25-23-,31-29-,37-35-,43-41-,49-47-,55-53-,61-59-,68-66+. The fraction of sp³-hybridized carbons (Fsp3) is 0.709. The molecule has 0 aromatic carbocycles. The summed E-state index contributed by atoms with van der Waals surface area (Å²) in [7, 11) is 0. The molecule has 0 aromatic rings. The minimum Gasteiger partial charge on any atom is -0.394 e. The maximum Gasteiger partial charge on any atom is 0.220 e. The van der Waals surface area contributed by atoms with E-state index in [1.807, 2.05) is 6.08 Å². The van der Waals surface area contributed by atoms with Gasteiger partial charge in [0.05, 0.1) is 25.4 Å². The van der Waals surface area contributed by atoms with Crippen LogP contribution in [0.3, 0.4) is 0 Å². The Labute approximate surface area is 541 Å². The van der Waals surface area contributed by atoms with Gasteiger partial charge in [-0.2, -0.15) is 0 Å². The summed E-state index contributed by atoms with van der Waals surface area (Å²) in [6.07, 6.45) is 94.2. The van der Waals surface area contributed by atoms with E-state index in [4.69, 9.17) is 9.47 Å². The third kappa shape index (κ3) is 54.1. The molecule has 0 saturated carbocycles. The molecule has 0 radical (unpaired) electrons. The van der Waals surface area contributed by atoms with Crippen LogP contribution in [0, 0.1) is 0 Å². The number of nitrogens with one attached hydrogen (secondary N) is 1. The third-order valence-electron chi connectivity index (χ3n) is 16.5. The second-order valence-electron chi connectivity index (χ2n) is 24.7. The van der Waals surface area contributed by atoms with E-state index in [9.17, 15) is 30.3 Å². The van der Waals surface area contributed by atoms with Crippen LogP contribution in [0.2, 0.25) is 0 Å². The highest BCUT2D eigenvalue weighted by atomic mass is 16.7. The number of aliphatic hydroxyl groups is 5. The summed E-state index contributed by atoms with van der Waals surface area (Å²) < 4.78 is 11.3. The van der Waals surface area contributed by atoms with Crippen molar-refractivity contribution in [2.45, 2.75) is 346 Å². The van der Waals surface area contributed by atoms with Gasteiger partial charge in [-0.25, -0.2) is 0 Å². The van der Waals surface area contributed by atoms with Crippen LogP contribution in [-0.4, -0.2) is 87.5 Å². The number of carbonyl (C=O) groups excluding carboxylic acids is 1. The van der Waals surface area contributed by atoms with Gasteiger partial charge >= 0.3 is 0 Å². The summed E-state index contributed by atoms with van der Waals surface area (Å²) in [6.45, 7) is 3.66. The molecular formula is C79H135NO8. The molecule has 7 unspecified atom stereocenters. The quantitative estimate of drug-likeness (QED) is 0.0261. The molecule has 0 aliphatic carbocycles. The molecule has 1 fully saturated rings. The Balaban J connectivity index is 2.19. The summed E-state index contributed by atoms with van der Waals surface area (Å²) in [5.41, 5.74) is 0. The minimum absolute atomic E-state index is 0.214. The van der Waals surface area contributed by atoms with Gasteiger partial charge in [-0.1, -0.05) is 334 Å². The van der Waals surface area contributed by atoms with Crippen molar-refractivity contribution >= 4 is 5.91 Å². The van der Waals surface area contributed by atoms with Crippen LogP contribution < -0.4 is 5.32 Å². The number of allylic oxidation sites excluding steroid dienone is 21.